The summed E-state index contributed by atoms with van der Waals surface area (Å²) in [6.45, 7) is 4.39. The van der Waals surface area contributed by atoms with Crippen molar-refractivity contribution >= 4 is 16.9 Å². The van der Waals surface area contributed by atoms with Gasteiger partial charge >= 0.3 is 0 Å². The fraction of sp³-hybridized carbons (Fsp3) is 0.471. The topological polar surface area (TPSA) is 59.5 Å². The molecule has 4 heteroatoms. The van der Waals surface area contributed by atoms with E-state index >= 15 is 0 Å². The lowest BCUT2D eigenvalue weighted by molar-refractivity contribution is 0.0658. The molecule has 0 aliphatic carbocycles. The first kappa shape index (κ1) is 14.1. The van der Waals surface area contributed by atoms with Crippen molar-refractivity contribution in [2.75, 3.05) is 19.6 Å². The lowest BCUT2D eigenvalue weighted by Crippen LogP contribution is -2.38. The van der Waals surface area contributed by atoms with Gasteiger partial charge in [0.1, 0.15) is 5.58 Å². The summed E-state index contributed by atoms with van der Waals surface area (Å²) in [7, 11) is 0. The Morgan fingerprint density at radius 1 is 1.33 bits per heavy atom. The molecule has 1 saturated heterocycles. The van der Waals surface area contributed by atoms with Crippen LogP contribution in [-0.4, -0.2) is 30.4 Å². The molecule has 1 aliphatic rings. The summed E-state index contributed by atoms with van der Waals surface area (Å²) in [5, 5.41) is 0.997. The average molecular weight is 286 g/mol. The number of carbonyl (C=O) groups is 1. The summed E-state index contributed by atoms with van der Waals surface area (Å²) in [5.41, 5.74) is 7.56. The van der Waals surface area contributed by atoms with Gasteiger partial charge in [-0.2, -0.15) is 0 Å². The first-order valence-corrected chi connectivity index (χ1v) is 7.67. The molecule has 2 N–H and O–H groups in total. The van der Waals surface area contributed by atoms with Gasteiger partial charge in [-0.3, -0.25) is 4.79 Å². The number of benzene rings is 1. The molecule has 0 saturated carbocycles. The maximum atomic E-state index is 12.5. The Hall–Kier alpha value is -1.81. The van der Waals surface area contributed by atoms with E-state index in [2.05, 4.69) is 0 Å². The van der Waals surface area contributed by atoms with Crippen LogP contribution in [0.5, 0.6) is 0 Å². The lowest BCUT2D eigenvalue weighted by atomic mass is 9.93. The number of likely N-dealkylation sites (tertiary alicyclic amines) is 1. The molecule has 0 bridgehead atoms. The van der Waals surface area contributed by atoms with Crippen LogP contribution in [0.3, 0.4) is 0 Å². The standard InChI is InChI=1S/C17H22N2O2/c1-12-2-3-15-14(10-12)11-16(21-15)17(20)19-8-5-13(4-7-18)6-9-19/h2-3,10-11,13H,4-9,18H2,1H3. The third kappa shape index (κ3) is 2.95. The molecular weight excluding hydrogens is 264 g/mol. The quantitative estimate of drug-likeness (QED) is 0.943. The molecule has 1 fully saturated rings. The molecule has 0 spiro atoms. The van der Waals surface area contributed by atoms with E-state index in [1.165, 1.54) is 5.56 Å². The number of hydrogen-bond acceptors (Lipinski definition) is 3. The molecule has 1 aromatic heterocycles. The van der Waals surface area contributed by atoms with E-state index in [9.17, 15) is 4.79 Å². The Labute approximate surface area is 124 Å². The molecule has 2 heterocycles. The molecule has 0 atom stereocenters. The van der Waals surface area contributed by atoms with Crippen molar-refractivity contribution in [3.63, 3.8) is 0 Å². The largest absolute Gasteiger partial charge is 0.451 e. The van der Waals surface area contributed by atoms with Crippen molar-refractivity contribution in [1.29, 1.82) is 0 Å². The molecule has 1 aromatic carbocycles. The summed E-state index contributed by atoms with van der Waals surface area (Å²) in [6, 6.07) is 7.83. The van der Waals surface area contributed by atoms with Gasteiger partial charge < -0.3 is 15.1 Å². The van der Waals surface area contributed by atoms with Crippen LogP contribution in [0, 0.1) is 12.8 Å². The van der Waals surface area contributed by atoms with Crippen LogP contribution >= 0.6 is 0 Å². The predicted molar refractivity (Wildman–Crippen MR) is 83.2 cm³/mol. The van der Waals surface area contributed by atoms with Crippen LogP contribution in [0.25, 0.3) is 11.0 Å². The molecule has 0 unspecified atom stereocenters. The van der Waals surface area contributed by atoms with Gasteiger partial charge in [0.25, 0.3) is 5.91 Å². The highest BCUT2D eigenvalue weighted by Crippen LogP contribution is 2.25. The van der Waals surface area contributed by atoms with E-state index in [4.69, 9.17) is 10.2 Å². The average Bonchev–Trinajstić information content (AvgIpc) is 2.90. The van der Waals surface area contributed by atoms with Crippen LogP contribution in [0.1, 0.15) is 35.4 Å². The van der Waals surface area contributed by atoms with Crippen molar-refractivity contribution in [2.45, 2.75) is 26.2 Å². The number of piperidine rings is 1. The van der Waals surface area contributed by atoms with Crippen LogP contribution in [-0.2, 0) is 0 Å². The number of fused-ring (bicyclic) bond motifs is 1. The minimum absolute atomic E-state index is 0.00931. The number of amides is 1. The van der Waals surface area contributed by atoms with Gasteiger partial charge in [-0.15, -0.1) is 0 Å². The highest BCUT2D eigenvalue weighted by molar-refractivity contribution is 5.96. The van der Waals surface area contributed by atoms with Gasteiger partial charge in [-0.25, -0.2) is 0 Å². The summed E-state index contributed by atoms with van der Waals surface area (Å²) in [6.07, 6.45) is 3.15. The third-order valence-corrected chi connectivity index (χ3v) is 4.36. The van der Waals surface area contributed by atoms with Gasteiger partial charge in [0.15, 0.2) is 5.76 Å². The predicted octanol–water partition coefficient (Wildman–Crippen LogP) is 2.94. The molecule has 1 amide bonds. The number of aryl methyl sites for hydroxylation is 1. The van der Waals surface area contributed by atoms with Gasteiger partial charge in [0, 0.05) is 18.5 Å². The summed E-state index contributed by atoms with van der Waals surface area (Å²) >= 11 is 0. The second kappa shape index (κ2) is 5.90. The zero-order valence-corrected chi connectivity index (χ0v) is 12.5. The first-order valence-electron chi connectivity index (χ1n) is 7.67. The first-order chi connectivity index (χ1) is 10.2. The van der Waals surface area contributed by atoms with E-state index in [0.29, 0.717) is 11.7 Å². The fourth-order valence-corrected chi connectivity index (χ4v) is 3.08. The van der Waals surface area contributed by atoms with E-state index in [1.54, 1.807) is 0 Å². The number of hydrogen-bond donors (Lipinski definition) is 1. The summed E-state index contributed by atoms with van der Waals surface area (Å²) in [4.78, 5) is 14.4. The van der Waals surface area contributed by atoms with Crippen LogP contribution in [0.2, 0.25) is 0 Å². The van der Waals surface area contributed by atoms with Crippen LogP contribution in [0.15, 0.2) is 28.7 Å². The third-order valence-electron chi connectivity index (χ3n) is 4.36. The Morgan fingerprint density at radius 2 is 2.10 bits per heavy atom. The van der Waals surface area contributed by atoms with Crippen molar-refractivity contribution in [2.24, 2.45) is 11.7 Å². The van der Waals surface area contributed by atoms with Gasteiger partial charge in [-0.05, 0) is 56.8 Å². The van der Waals surface area contributed by atoms with Crippen molar-refractivity contribution in [3.8, 4) is 0 Å². The molecule has 0 radical (unpaired) electrons. The van der Waals surface area contributed by atoms with Gasteiger partial charge in [0.05, 0.1) is 0 Å². The Balaban J connectivity index is 1.72. The van der Waals surface area contributed by atoms with E-state index in [-0.39, 0.29) is 5.91 Å². The SMILES string of the molecule is Cc1ccc2oc(C(=O)N3CCC(CCN)CC3)cc2c1. The number of nitrogens with two attached hydrogens (primary N) is 1. The van der Waals surface area contributed by atoms with Gasteiger partial charge in [-0.1, -0.05) is 11.6 Å². The molecular formula is C17H22N2O2. The van der Waals surface area contributed by atoms with Crippen molar-refractivity contribution in [3.05, 3.63) is 35.6 Å². The fourth-order valence-electron chi connectivity index (χ4n) is 3.08. The van der Waals surface area contributed by atoms with Crippen molar-refractivity contribution < 1.29 is 9.21 Å². The number of nitrogens with zero attached hydrogens (tertiary/aromatic N) is 1. The minimum atomic E-state index is 0.00931. The Bertz CT molecular complexity index is 639. The van der Waals surface area contributed by atoms with E-state index < -0.39 is 0 Å². The van der Waals surface area contributed by atoms with Crippen LogP contribution in [0.4, 0.5) is 0 Å². The normalized spacial score (nSPS) is 16.6. The maximum absolute atomic E-state index is 12.5. The highest BCUT2D eigenvalue weighted by atomic mass is 16.3. The number of carbonyl (C=O) groups excluding carboxylic acids is 1. The second-order valence-corrected chi connectivity index (χ2v) is 5.96. The highest BCUT2D eigenvalue weighted by Gasteiger charge is 2.25. The smallest absolute Gasteiger partial charge is 0.289 e. The summed E-state index contributed by atoms with van der Waals surface area (Å²) < 4.78 is 5.70. The Kier molecular flexibility index (Phi) is 3.97. The van der Waals surface area contributed by atoms with E-state index in [1.807, 2.05) is 36.1 Å². The molecule has 3 rings (SSSR count). The number of furan rings is 1. The monoisotopic (exact) mass is 286 g/mol. The molecule has 1 aliphatic heterocycles. The zero-order chi connectivity index (χ0) is 14.8. The van der Waals surface area contributed by atoms with Crippen LogP contribution < -0.4 is 5.73 Å². The molecule has 112 valence electrons. The van der Waals surface area contributed by atoms with Crippen molar-refractivity contribution in [1.82, 2.24) is 4.90 Å². The van der Waals surface area contributed by atoms with Gasteiger partial charge in [0.2, 0.25) is 0 Å². The molecule has 4 nitrogen and oxygen atoms in total. The lowest BCUT2D eigenvalue weighted by Gasteiger charge is -2.31. The second-order valence-electron chi connectivity index (χ2n) is 5.96. The molecule has 21 heavy (non-hydrogen) atoms. The Morgan fingerprint density at radius 3 is 2.81 bits per heavy atom. The molecule has 2 aromatic rings. The summed E-state index contributed by atoms with van der Waals surface area (Å²) in [5.74, 6) is 1.13. The number of rotatable bonds is 3. The maximum Gasteiger partial charge on any atom is 0.289 e. The van der Waals surface area contributed by atoms with E-state index in [0.717, 1.165) is 49.9 Å². The minimum Gasteiger partial charge on any atom is -0.451 e. The zero-order valence-electron chi connectivity index (χ0n) is 12.5.